The molecule has 4 saturated carbocycles. The SMILES string of the molecule is C[C@H](CCC(=O)Nc1nc(-c2cccnc2)cs1)[C@H]1CC[C@H]2[C@@H]3CC[C@@H]4C[C@H](O)CC[C@]4(C)[C@H]3C[C@H](O)[C@]12C. The highest BCUT2D eigenvalue weighted by Gasteiger charge is 2.63. The third-order valence-corrected chi connectivity index (χ3v) is 12.8. The first-order valence-corrected chi connectivity index (χ1v) is 16.1. The summed E-state index contributed by atoms with van der Waals surface area (Å²) in [5.41, 5.74) is 1.98. The van der Waals surface area contributed by atoms with Gasteiger partial charge in [0.15, 0.2) is 5.13 Å². The van der Waals surface area contributed by atoms with E-state index in [0.29, 0.717) is 47.1 Å². The predicted molar refractivity (Wildman–Crippen MR) is 155 cm³/mol. The molecule has 0 radical (unpaired) electrons. The molecule has 6 nitrogen and oxygen atoms in total. The van der Waals surface area contributed by atoms with Crippen molar-refractivity contribution < 1.29 is 15.0 Å². The standard InChI is InChI=1S/C32H45N3O3S/c1-19(6-11-29(38)35-30-34-27(18-39-30)20-5-4-14-33-17-20)24-9-10-25-23-8-7-21-15-22(36)12-13-31(21,2)26(23)16-28(37)32(24,25)3/h4-5,14,17-19,21-26,28,36-37H,6-13,15-16H2,1-3H3,(H,34,35,38)/t19-,21-,22-,23+,24-,25+,26+,28+,31+,32-/m1/s1. The van der Waals surface area contributed by atoms with E-state index < -0.39 is 0 Å². The molecule has 0 bridgehead atoms. The lowest BCUT2D eigenvalue weighted by molar-refractivity contribution is -0.174. The van der Waals surface area contributed by atoms with Crippen molar-refractivity contribution >= 4 is 22.4 Å². The second-order valence-electron chi connectivity index (χ2n) is 13.7. The molecule has 0 unspecified atom stereocenters. The van der Waals surface area contributed by atoms with Crippen LogP contribution in [0.5, 0.6) is 0 Å². The molecule has 39 heavy (non-hydrogen) atoms. The Balaban J connectivity index is 1.08. The minimum atomic E-state index is -0.281. The number of amides is 1. The topological polar surface area (TPSA) is 95.3 Å². The Morgan fingerprint density at radius 2 is 2.00 bits per heavy atom. The fourth-order valence-corrected chi connectivity index (χ4v) is 10.6. The number of pyridine rings is 1. The van der Waals surface area contributed by atoms with Crippen molar-refractivity contribution in [3.8, 4) is 11.3 Å². The molecule has 2 heterocycles. The van der Waals surface area contributed by atoms with E-state index in [2.05, 4.69) is 36.1 Å². The fraction of sp³-hybridized carbons (Fsp3) is 0.719. The molecular formula is C32H45N3O3S. The number of hydrogen-bond donors (Lipinski definition) is 3. The Labute approximate surface area is 237 Å². The van der Waals surface area contributed by atoms with Gasteiger partial charge in [-0.15, -0.1) is 11.3 Å². The van der Waals surface area contributed by atoms with Gasteiger partial charge in [-0.25, -0.2) is 4.98 Å². The second-order valence-corrected chi connectivity index (χ2v) is 14.6. The molecule has 0 aliphatic heterocycles. The zero-order valence-corrected chi connectivity index (χ0v) is 24.5. The van der Waals surface area contributed by atoms with Crippen LogP contribution in [0.1, 0.15) is 85.0 Å². The van der Waals surface area contributed by atoms with Gasteiger partial charge in [-0.2, -0.15) is 0 Å². The number of nitrogens with zero attached hydrogens (tertiary/aromatic N) is 2. The number of aliphatic hydroxyl groups excluding tert-OH is 2. The second kappa shape index (κ2) is 10.5. The van der Waals surface area contributed by atoms with Crippen molar-refractivity contribution in [1.82, 2.24) is 9.97 Å². The number of hydrogen-bond acceptors (Lipinski definition) is 6. The van der Waals surface area contributed by atoms with E-state index in [0.717, 1.165) is 49.8 Å². The van der Waals surface area contributed by atoms with Gasteiger partial charge >= 0.3 is 0 Å². The molecule has 0 saturated heterocycles. The van der Waals surface area contributed by atoms with Gasteiger partial charge < -0.3 is 15.5 Å². The molecule has 4 fully saturated rings. The van der Waals surface area contributed by atoms with Gasteiger partial charge in [0.1, 0.15) is 0 Å². The Bertz CT molecular complexity index is 1170. The minimum Gasteiger partial charge on any atom is -0.393 e. The van der Waals surface area contributed by atoms with Crippen molar-refractivity contribution in [2.75, 3.05) is 5.32 Å². The van der Waals surface area contributed by atoms with Crippen LogP contribution in [0.2, 0.25) is 0 Å². The highest BCUT2D eigenvalue weighted by molar-refractivity contribution is 7.14. The number of aliphatic hydroxyl groups is 2. The van der Waals surface area contributed by atoms with Crippen molar-refractivity contribution in [2.45, 2.75) is 97.2 Å². The number of fused-ring (bicyclic) bond motifs is 5. The van der Waals surface area contributed by atoms with Crippen LogP contribution in [0.25, 0.3) is 11.3 Å². The average Bonchev–Trinajstić information content (AvgIpc) is 3.54. The molecule has 10 atom stereocenters. The summed E-state index contributed by atoms with van der Waals surface area (Å²) in [6.07, 6.45) is 13.1. The van der Waals surface area contributed by atoms with Gasteiger partial charge in [-0.1, -0.05) is 20.8 Å². The highest BCUT2D eigenvalue weighted by atomic mass is 32.1. The summed E-state index contributed by atoms with van der Waals surface area (Å²) in [6.45, 7) is 7.15. The van der Waals surface area contributed by atoms with Gasteiger partial charge in [-0.05, 0) is 116 Å². The molecular weight excluding hydrogens is 506 g/mol. The third-order valence-electron chi connectivity index (χ3n) is 12.0. The minimum absolute atomic E-state index is 0.0172. The number of carbonyl (C=O) groups excluding carboxylic acids is 1. The number of anilines is 1. The van der Waals surface area contributed by atoms with Crippen molar-refractivity contribution in [3.63, 3.8) is 0 Å². The first-order chi connectivity index (χ1) is 18.7. The molecule has 2 aromatic rings. The molecule has 4 aliphatic rings. The molecule has 7 heteroatoms. The highest BCUT2D eigenvalue weighted by Crippen LogP contribution is 2.68. The summed E-state index contributed by atoms with van der Waals surface area (Å²) in [5, 5.41) is 27.7. The molecule has 2 aromatic heterocycles. The normalized spacial score (nSPS) is 40.3. The quantitative estimate of drug-likeness (QED) is 0.378. The van der Waals surface area contributed by atoms with Gasteiger partial charge in [0.25, 0.3) is 0 Å². The summed E-state index contributed by atoms with van der Waals surface area (Å²) < 4.78 is 0. The maximum atomic E-state index is 12.9. The van der Waals surface area contributed by atoms with Gasteiger partial charge in [0.05, 0.1) is 17.9 Å². The monoisotopic (exact) mass is 551 g/mol. The molecule has 0 spiro atoms. The largest absolute Gasteiger partial charge is 0.393 e. The maximum Gasteiger partial charge on any atom is 0.226 e. The van der Waals surface area contributed by atoms with Gasteiger partial charge in [0, 0.05) is 29.8 Å². The number of aromatic nitrogens is 2. The van der Waals surface area contributed by atoms with E-state index in [1.165, 1.54) is 30.6 Å². The molecule has 3 N–H and O–H groups in total. The summed E-state index contributed by atoms with van der Waals surface area (Å²) in [4.78, 5) is 21.6. The molecule has 6 rings (SSSR count). The van der Waals surface area contributed by atoms with E-state index in [9.17, 15) is 15.0 Å². The Morgan fingerprint density at radius 1 is 1.15 bits per heavy atom. The maximum absolute atomic E-state index is 12.9. The summed E-state index contributed by atoms with van der Waals surface area (Å²) in [6, 6.07) is 3.86. The number of rotatable bonds is 6. The predicted octanol–water partition coefficient (Wildman–Crippen LogP) is 6.55. The summed E-state index contributed by atoms with van der Waals surface area (Å²) in [7, 11) is 0. The lowest BCUT2D eigenvalue weighted by Gasteiger charge is -2.62. The smallest absolute Gasteiger partial charge is 0.226 e. The van der Waals surface area contributed by atoms with E-state index in [1.54, 1.807) is 12.4 Å². The lowest BCUT2D eigenvalue weighted by atomic mass is 9.43. The van der Waals surface area contributed by atoms with Crippen LogP contribution < -0.4 is 5.32 Å². The van der Waals surface area contributed by atoms with E-state index in [-0.39, 0.29) is 28.9 Å². The fourth-order valence-electron chi connectivity index (χ4n) is 9.88. The van der Waals surface area contributed by atoms with E-state index in [4.69, 9.17) is 0 Å². The first kappa shape index (κ1) is 27.3. The van der Waals surface area contributed by atoms with Crippen LogP contribution in [-0.4, -0.2) is 38.3 Å². The van der Waals surface area contributed by atoms with Crippen molar-refractivity contribution in [1.29, 1.82) is 0 Å². The van der Waals surface area contributed by atoms with Gasteiger partial charge in [-0.3, -0.25) is 9.78 Å². The van der Waals surface area contributed by atoms with E-state index in [1.807, 2.05) is 17.5 Å². The Morgan fingerprint density at radius 3 is 2.79 bits per heavy atom. The Kier molecular flexibility index (Phi) is 7.39. The zero-order chi connectivity index (χ0) is 27.4. The van der Waals surface area contributed by atoms with Crippen LogP contribution in [-0.2, 0) is 4.79 Å². The molecule has 4 aliphatic carbocycles. The van der Waals surface area contributed by atoms with Gasteiger partial charge in [0.2, 0.25) is 5.91 Å². The van der Waals surface area contributed by atoms with Crippen LogP contribution >= 0.6 is 11.3 Å². The third kappa shape index (κ3) is 4.76. The average molecular weight is 552 g/mol. The van der Waals surface area contributed by atoms with Crippen LogP contribution in [0.3, 0.4) is 0 Å². The first-order valence-electron chi connectivity index (χ1n) is 15.2. The van der Waals surface area contributed by atoms with Crippen molar-refractivity contribution in [3.05, 3.63) is 29.9 Å². The van der Waals surface area contributed by atoms with E-state index >= 15 is 0 Å². The molecule has 0 aromatic carbocycles. The molecule has 212 valence electrons. The summed E-state index contributed by atoms with van der Waals surface area (Å²) >= 11 is 1.45. The number of nitrogens with one attached hydrogen (secondary N) is 1. The van der Waals surface area contributed by atoms with Crippen molar-refractivity contribution in [2.24, 2.45) is 46.3 Å². The Hall–Kier alpha value is -1.83. The van der Waals surface area contributed by atoms with Crippen LogP contribution in [0.15, 0.2) is 29.9 Å². The summed E-state index contributed by atoms with van der Waals surface area (Å²) in [5.74, 6) is 3.28. The van der Waals surface area contributed by atoms with Crippen LogP contribution in [0.4, 0.5) is 5.13 Å². The van der Waals surface area contributed by atoms with Crippen LogP contribution in [0, 0.1) is 46.3 Å². The zero-order valence-electron chi connectivity index (χ0n) is 23.7. The molecule has 1 amide bonds. The number of carbonyl (C=O) groups is 1. The number of thiazole rings is 1. The lowest BCUT2D eigenvalue weighted by Crippen LogP contribution is -2.58.